The Balaban J connectivity index is 1.53. The first-order valence-corrected chi connectivity index (χ1v) is 9.59. The lowest BCUT2D eigenvalue weighted by Crippen LogP contribution is -2.35. The second-order valence-electron chi connectivity index (χ2n) is 6.87. The van der Waals surface area contributed by atoms with Gasteiger partial charge in [-0.15, -0.1) is 0 Å². The lowest BCUT2D eigenvalue weighted by atomic mass is 10.2. The molecule has 2 aromatic rings. The average molecular weight is 397 g/mol. The molecule has 0 aliphatic carbocycles. The molecule has 29 heavy (non-hydrogen) atoms. The summed E-state index contributed by atoms with van der Waals surface area (Å²) >= 11 is 0. The number of carbonyl (C=O) groups excluding carboxylic acids is 2. The Bertz CT molecular complexity index is 874. The number of nitro groups is 1. The largest absolute Gasteiger partial charge is 0.484 e. The van der Waals surface area contributed by atoms with Crippen LogP contribution in [0, 0.1) is 10.1 Å². The van der Waals surface area contributed by atoms with Gasteiger partial charge in [0.2, 0.25) is 0 Å². The molecule has 0 aromatic heterocycles. The molecule has 1 fully saturated rings. The Morgan fingerprint density at radius 2 is 1.72 bits per heavy atom. The maximum atomic E-state index is 12.3. The minimum Gasteiger partial charge on any atom is -0.484 e. The van der Waals surface area contributed by atoms with Crippen molar-refractivity contribution < 1.29 is 19.2 Å². The molecule has 0 saturated carbocycles. The SMILES string of the molecule is O=C(Nc1ccc(OCC(=O)N2CCCCCC2)cc1)c1cccc([N+](=O)[O-])c1. The third-order valence-electron chi connectivity index (χ3n) is 4.75. The molecule has 8 nitrogen and oxygen atoms in total. The predicted molar refractivity (Wildman–Crippen MR) is 108 cm³/mol. The van der Waals surface area contributed by atoms with E-state index in [0.29, 0.717) is 11.4 Å². The lowest BCUT2D eigenvalue weighted by molar-refractivity contribution is -0.384. The second kappa shape index (κ2) is 9.68. The zero-order chi connectivity index (χ0) is 20.6. The standard InChI is InChI=1S/C21H23N3O5/c25-20(23-12-3-1-2-4-13-23)15-29-19-10-8-17(9-11-19)22-21(26)16-6-5-7-18(14-16)24(27)28/h5-11,14H,1-4,12-13,15H2,(H,22,26). The number of anilines is 1. The molecule has 1 aliphatic heterocycles. The topological polar surface area (TPSA) is 102 Å². The molecule has 0 unspecified atom stereocenters. The van der Waals surface area contributed by atoms with Crippen molar-refractivity contribution in [1.29, 1.82) is 0 Å². The number of nitro benzene ring substituents is 1. The molecule has 0 bridgehead atoms. The highest BCUT2D eigenvalue weighted by molar-refractivity contribution is 6.04. The maximum absolute atomic E-state index is 12.3. The highest BCUT2D eigenvalue weighted by Gasteiger charge is 2.16. The number of ether oxygens (including phenoxy) is 1. The number of hydrogen-bond acceptors (Lipinski definition) is 5. The molecule has 2 aromatic carbocycles. The predicted octanol–water partition coefficient (Wildman–Crippen LogP) is 3.63. The van der Waals surface area contributed by atoms with Crippen LogP contribution < -0.4 is 10.1 Å². The Hall–Kier alpha value is -3.42. The summed E-state index contributed by atoms with van der Waals surface area (Å²) in [7, 11) is 0. The molecule has 1 heterocycles. The molecular formula is C21H23N3O5. The van der Waals surface area contributed by atoms with Gasteiger partial charge in [0.25, 0.3) is 17.5 Å². The van der Waals surface area contributed by atoms with Crippen molar-refractivity contribution in [1.82, 2.24) is 4.90 Å². The van der Waals surface area contributed by atoms with Crippen molar-refractivity contribution in [2.75, 3.05) is 25.0 Å². The van der Waals surface area contributed by atoms with Gasteiger partial charge >= 0.3 is 0 Å². The van der Waals surface area contributed by atoms with E-state index in [1.165, 1.54) is 24.3 Å². The fraction of sp³-hybridized carbons (Fsp3) is 0.333. The van der Waals surface area contributed by atoms with E-state index in [1.807, 2.05) is 4.90 Å². The number of hydrogen-bond donors (Lipinski definition) is 1. The number of amides is 2. The van der Waals surface area contributed by atoms with Crippen LogP contribution in [0.1, 0.15) is 36.0 Å². The van der Waals surface area contributed by atoms with Gasteiger partial charge in [0, 0.05) is 36.5 Å². The van der Waals surface area contributed by atoms with Gasteiger partial charge in [-0.05, 0) is 43.2 Å². The van der Waals surface area contributed by atoms with Gasteiger partial charge < -0.3 is 15.0 Å². The third kappa shape index (κ3) is 5.78. The van der Waals surface area contributed by atoms with Crippen LogP contribution in [-0.4, -0.2) is 41.3 Å². The van der Waals surface area contributed by atoms with Crippen molar-refractivity contribution in [2.24, 2.45) is 0 Å². The summed E-state index contributed by atoms with van der Waals surface area (Å²) in [6, 6.07) is 12.2. The zero-order valence-electron chi connectivity index (χ0n) is 16.0. The van der Waals surface area contributed by atoms with Gasteiger partial charge in [0.15, 0.2) is 6.61 Å². The quantitative estimate of drug-likeness (QED) is 0.592. The van der Waals surface area contributed by atoms with Crippen LogP contribution in [0.3, 0.4) is 0 Å². The Morgan fingerprint density at radius 3 is 2.38 bits per heavy atom. The van der Waals surface area contributed by atoms with Crippen LogP contribution in [0.15, 0.2) is 48.5 Å². The molecule has 1 saturated heterocycles. The summed E-state index contributed by atoms with van der Waals surface area (Å²) in [5, 5.41) is 13.5. The molecule has 8 heteroatoms. The van der Waals surface area contributed by atoms with E-state index in [0.717, 1.165) is 38.8 Å². The number of carbonyl (C=O) groups is 2. The minimum absolute atomic E-state index is 0.0145. The maximum Gasteiger partial charge on any atom is 0.270 e. The monoisotopic (exact) mass is 397 g/mol. The smallest absolute Gasteiger partial charge is 0.270 e. The number of benzene rings is 2. The summed E-state index contributed by atoms with van der Waals surface area (Å²) < 4.78 is 5.57. The summed E-state index contributed by atoms with van der Waals surface area (Å²) in [6.45, 7) is 1.55. The normalized spacial score (nSPS) is 14.0. The van der Waals surface area contributed by atoms with E-state index in [-0.39, 0.29) is 23.8 Å². The van der Waals surface area contributed by atoms with Gasteiger partial charge in [-0.25, -0.2) is 0 Å². The Morgan fingerprint density at radius 1 is 1.03 bits per heavy atom. The molecule has 0 radical (unpaired) electrons. The lowest BCUT2D eigenvalue weighted by Gasteiger charge is -2.20. The molecule has 0 spiro atoms. The summed E-state index contributed by atoms with van der Waals surface area (Å²) in [4.78, 5) is 36.7. The van der Waals surface area contributed by atoms with Crippen molar-refractivity contribution >= 4 is 23.2 Å². The zero-order valence-corrected chi connectivity index (χ0v) is 16.0. The second-order valence-corrected chi connectivity index (χ2v) is 6.87. The average Bonchev–Trinajstić information content (AvgIpc) is 3.03. The van der Waals surface area contributed by atoms with Gasteiger partial charge in [-0.1, -0.05) is 18.9 Å². The first-order valence-electron chi connectivity index (χ1n) is 9.59. The van der Waals surface area contributed by atoms with Crippen LogP contribution in [0.4, 0.5) is 11.4 Å². The molecule has 2 amide bonds. The van der Waals surface area contributed by atoms with E-state index < -0.39 is 10.8 Å². The van der Waals surface area contributed by atoms with Crippen molar-refractivity contribution in [3.63, 3.8) is 0 Å². The molecular weight excluding hydrogens is 374 g/mol. The highest BCUT2D eigenvalue weighted by Crippen LogP contribution is 2.19. The molecule has 3 rings (SSSR count). The Labute approximate surface area is 168 Å². The van der Waals surface area contributed by atoms with Gasteiger partial charge in [0.05, 0.1) is 4.92 Å². The summed E-state index contributed by atoms with van der Waals surface area (Å²) in [6.07, 6.45) is 4.39. The van der Waals surface area contributed by atoms with Crippen LogP contribution in [0.5, 0.6) is 5.75 Å². The molecule has 0 atom stereocenters. The molecule has 152 valence electrons. The number of nitrogens with one attached hydrogen (secondary N) is 1. The number of nitrogens with zero attached hydrogens (tertiary/aromatic N) is 2. The van der Waals surface area contributed by atoms with Crippen LogP contribution in [0.25, 0.3) is 0 Å². The fourth-order valence-electron chi connectivity index (χ4n) is 3.15. The first kappa shape index (κ1) is 20.3. The summed E-state index contributed by atoms with van der Waals surface area (Å²) in [5.74, 6) is 0.0650. The van der Waals surface area contributed by atoms with Crippen LogP contribution in [-0.2, 0) is 4.79 Å². The first-order chi connectivity index (χ1) is 14.0. The highest BCUT2D eigenvalue weighted by atomic mass is 16.6. The van der Waals surface area contributed by atoms with E-state index in [4.69, 9.17) is 4.74 Å². The van der Waals surface area contributed by atoms with E-state index >= 15 is 0 Å². The van der Waals surface area contributed by atoms with E-state index in [1.54, 1.807) is 24.3 Å². The third-order valence-corrected chi connectivity index (χ3v) is 4.75. The van der Waals surface area contributed by atoms with Crippen molar-refractivity contribution in [3.8, 4) is 5.75 Å². The minimum atomic E-state index is -0.546. The number of rotatable bonds is 6. The molecule has 1 N–H and O–H groups in total. The Kier molecular flexibility index (Phi) is 6.78. The van der Waals surface area contributed by atoms with Crippen molar-refractivity contribution in [2.45, 2.75) is 25.7 Å². The van der Waals surface area contributed by atoms with Gasteiger partial charge in [0.1, 0.15) is 5.75 Å². The van der Waals surface area contributed by atoms with Crippen molar-refractivity contribution in [3.05, 3.63) is 64.2 Å². The van der Waals surface area contributed by atoms with Gasteiger partial charge in [-0.2, -0.15) is 0 Å². The molecule has 1 aliphatic rings. The number of likely N-dealkylation sites (tertiary alicyclic amines) is 1. The van der Waals surface area contributed by atoms with Gasteiger partial charge in [-0.3, -0.25) is 19.7 Å². The summed E-state index contributed by atoms with van der Waals surface area (Å²) in [5.41, 5.74) is 0.575. The fourth-order valence-corrected chi connectivity index (χ4v) is 3.15. The van der Waals surface area contributed by atoms with Crippen LogP contribution in [0.2, 0.25) is 0 Å². The van der Waals surface area contributed by atoms with Crippen LogP contribution >= 0.6 is 0 Å². The van der Waals surface area contributed by atoms with E-state index in [2.05, 4.69) is 5.32 Å². The van der Waals surface area contributed by atoms with E-state index in [9.17, 15) is 19.7 Å². The number of non-ortho nitro benzene ring substituents is 1.